The topological polar surface area (TPSA) is 51.0 Å². The van der Waals surface area contributed by atoms with E-state index in [1.165, 1.54) is 12.7 Å². The van der Waals surface area contributed by atoms with Crippen LogP contribution in [-0.2, 0) is 6.42 Å². The fourth-order valence-corrected chi connectivity index (χ4v) is 1.97. The molecular formula is C21H31NO3. The molecule has 4 nitrogen and oxygen atoms in total. The molecule has 0 atom stereocenters. The van der Waals surface area contributed by atoms with Gasteiger partial charge in [0.15, 0.2) is 11.5 Å². The second-order valence-electron chi connectivity index (χ2n) is 4.57. The predicted octanol–water partition coefficient (Wildman–Crippen LogP) is 5.12. The highest BCUT2D eigenvalue weighted by Crippen LogP contribution is 2.25. The van der Waals surface area contributed by atoms with Crippen LogP contribution in [0.2, 0.25) is 0 Å². The molecule has 0 amide bonds. The molecule has 0 aliphatic carbocycles. The van der Waals surface area contributed by atoms with Gasteiger partial charge in [-0.1, -0.05) is 39.8 Å². The van der Waals surface area contributed by atoms with Crippen LogP contribution in [0.25, 0.3) is 0 Å². The number of rotatable bonds is 6. The number of phenolic OH excluding ortho intramolecular Hbond substituents is 1. The third-order valence-corrected chi connectivity index (χ3v) is 3.11. The number of aromatic hydroxyl groups is 1. The van der Waals surface area contributed by atoms with Crippen molar-refractivity contribution in [2.75, 3.05) is 20.8 Å². The molecule has 0 radical (unpaired) electrons. The van der Waals surface area contributed by atoms with Crippen LogP contribution in [0.5, 0.6) is 17.2 Å². The first-order chi connectivity index (χ1) is 12.2. The third-order valence-electron chi connectivity index (χ3n) is 3.11. The van der Waals surface area contributed by atoms with Gasteiger partial charge < -0.3 is 14.6 Å². The van der Waals surface area contributed by atoms with E-state index in [1.807, 2.05) is 45.9 Å². The molecule has 0 fully saturated rings. The van der Waals surface area contributed by atoms with Crippen molar-refractivity contribution in [3.05, 3.63) is 53.6 Å². The van der Waals surface area contributed by atoms with Gasteiger partial charge in [-0.15, -0.1) is 0 Å². The minimum Gasteiger partial charge on any atom is -0.504 e. The molecule has 0 aromatic heterocycles. The van der Waals surface area contributed by atoms with E-state index in [-0.39, 0.29) is 5.75 Å². The van der Waals surface area contributed by atoms with Gasteiger partial charge in [0.2, 0.25) is 0 Å². The van der Waals surface area contributed by atoms with Crippen LogP contribution in [0.3, 0.4) is 0 Å². The summed E-state index contributed by atoms with van der Waals surface area (Å²) < 4.78 is 10.3. The number of methoxy groups -OCH3 is 2. The summed E-state index contributed by atoms with van der Waals surface area (Å²) in [4.78, 5) is 4.39. The summed E-state index contributed by atoms with van der Waals surface area (Å²) in [7, 11) is 3.19. The maximum absolute atomic E-state index is 9.52. The van der Waals surface area contributed by atoms with E-state index in [9.17, 15) is 5.11 Å². The van der Waals surface area contributed by atoms with Crippen molar-refractivity contribution >= 4 is 6.21 Å². The second kappa shape index (κ2) is 13.9. The van der Waals surface area contributed by atoms with Crippen molar-refractivity contribution in [3.63, 3.8) is 0 Å². The standard InChI is InChI=1S/C17H19NO3.2C2H6/c1-20-15-5-3-4-13(10-15)8-9-18-12-14-6-7-16(19)17(11-14)21-2;2*1-2/h3-7,10-12,19H,8-9H2,1-2H3;2*1-2H3. The lowest BCUT2D eigenvalue weighted by molar-refractivity contribution is 0.373. The van der Waals surface area contributed by atoms with E-state index in [0.29, 0.717) is 12.3 Å². The quantitative estimate of drug-likeness (QED) is 0.739. The van der Waals surface area contributed by atoms with E-state index in [1.54, 1.807) is 31.5 Å². The summed E-state index contributed by atoms with van der Waals surface area (Å²) in [6.45, 7) is 8.69. The van der Waals surface area contributed by atoms with E-state index >= 15 is 0 Å². The van der Waals surface area contributed by atoms with Gasteiger partial charge in [0.25, 0.3) is 0 Å². The zero-order valence-electron chi connectivity index (χ0n) is 16.2. The Kier molecular flexibility index (Phi) is 12.5. The number of ether oxygens (including phenoxy) is 2. The molecule has 0 heterocycles. The molecule has 25 heavy (non-hydrogen) atoms. The number of phenols is 1. The lowest BCUT2D eigenvalue weighted by Crippen LogP contribution is -1.92. The van der Waals surface area contributed by atoms with E-state index in [4.69, 9.17) is 9.47 Å². The zero-order valence-corrected chi connectivity index (χ0v) is 16.2. The fraction of sp³-hybridized carbons (Fsp3) is 0.381. The molecular weight excluding hydrogens is 314 g/mol. The van der Waals surface area contributed by atoms with Crippen LogP contribution in [0.1, 0.15) is 38.8 Å². The van der Waals surface area contributed by atoms with Crippen molar-refractivity contribution in [3.8, 4) is 17.2 Å². The van der Waals surface area contributed by atoms with Crippen LogP contribution in [-0.4, -0.2) is 32.1 Å². The van der Waals surface area contributed by atoms with Gasteiger partial charge in [0.1, 0.15) is 5.75 Å². The van der Waals surface area contributed by atoms with Gasteiger partial charge in [-0.3, -0.25) is 4.99 Å². The van der Waals surface area contributed by atoms with Crippen molar-refractivity contribution in [2.45, 2.75) is 34.1 Å². The summed E-state index contributed by atoms with van der Waals surface area (Å²) in [6.07, 6.45) is 2.63. The highest BCUT2D eigenvalue weighted by Gasteiger charge is 2.00. The first kappa shape index (κ1) is 22.5. The minimum absolute atomic E-state index is 0.131. The molecule has 1 N–H and O–H groups in total. The Morgan fingerprint density at radius 2 is 1.68 bits per heavy atom. The average Bonchev–Trinajstić information content (AvgIpc) is 2.69. The van der Waals surface area contributed by atoms with Gasteiger partial charge >= 0.3 is 0 Å². The molecule has 0 saturated carbocycles. The summed E-state index contributed by atoms with van der Waals surface area (Å²) in [5.74, 6) is 1.44. The zero-order chi connectivity index (χ0) is 19.1. The molecule has 0 saturated heterocycles. The molecule has 0 bridgehead atoms. The summed E-state index contributed by atoms with van der Waals surface area (Å²) in [5.41, 5.74) is 2.09. The Morgan fingerprint density at radius 1 is 0.960 bits per heavy atom. The monoisotopic (exact) mass is 345 g/mol. The normalized spacial score (nSPS) is 9.52. The van der Waals surface area contributed by atoms with Crippen molar-refractivity contribution in [1.82, 2.24) is 0 Å². The van der Waals surface area contributed by atoms with Gasteiger partial charge in [-0.2, -0.15) is 0 Å². The lowest BCUT2D eigenvalue weighted by atomic mass is 10.1. The molecule has 0 spiro atoms. The summed E-state index contributed by atoms with van der Waals surface area (Å²) in [5, 5.41) is 9.52. The molecule has 0 unspecified atom stereocenters. The number of benzene rings is 2. The van der Waals surface area contributed by atoms with Gasteiger partial charge in [0.05, 0.1) is 14.2 Å². The summed E-state index contributed by atoms with van der Waals surface area (Å²) in [6, 6.07) is 13.1. The molecule has 0 aliphatic heterocycles. The van der Waals surface area contributed by atoms with E-state index in [2.05, 4.69) is 11.1 Å². The summed E-state index contributed by atoms with van der Waals surface area (Å²) >= 11 is 0. The Morgan fingerprint density at radius 3 is 2.32 bits per heavy atom. The van der Waals surface area contributed by atoms with Crippen molar-refractivity contribution < 1.29 is 14.6 Å². The van der Waals surface area contributed by atoms with Gasteiger partial charge in [0, 0.05) is 12.8 Å². The molecule has 0 aliphatic rings. The van der Waals surface area contributed by atoms with Crippen molar-refractivity contribution in [1.29, 1.82) is 0 Å². The number of hydrogen-bond donors (Lipinski definition) is 1. The predicted molar refractivity (Wildman–Crippen MR) is 107 cm³/mol. The first-order valence-corrected chi connectivity index (χ1v) is 8.72. The first-order valence-electron chi connectivity index (χ1n) is 8.72. The van der Waals surface area contributed by atoms with Crippen molar-refractivity contribution in [2.24, 2.45) is 4.99 Å². The molecule has 4 heteroatoms. The minimum atomic E-state index is 0.131. The smallest absolute Gasteiger partial charge is 0.161 e. The highest BCUT2D eigenvalue weighted by atomic mass is 16.5. The molecule has 2 aromatic rings. The SMILES string of the molecule is CC.CC.COc1cccc(CCN=Cc2ccc(O)c(OC)c2)c1. The molecule has 2 rings (SSSR count). The third kappa shape index (κ3) is 8.25. The average molecular weight is 345 g/mol. The Bertz CT molecular complexity index is 624. The number of aliphatic imine (C=N–C) groups is 1. The fourth-order valence-electron chi connectivity index (χ4n) is 1.97. The maximum Gasteiger partial charge on any atom is 0.161 e. The Labute approximate surface area is 152 Å². The second-order valence-corrected chi connectivity index (χ2v) is 4.57. The largest absolute Gasteiger partial charge is 0.504 e. The van der Waals surface area contributed by atoms with E-state index in [0.717, 1.165) is 17.7 Å². The number of hydrogen-bond acceptors (Lipinski definition) is 4. The van der Waals surface area contributed by atoms with Crippen LogP contribution < -0.4 is 9.47 Å². The van der Waals surface area contributed by atoms with Gasteiger partial charge in [-0.25, -0.2) is 0 Å². The Hall–Kier alpha value is -2.49. The van der Waals surface area contributed by atoms with Gasteiger partial charge in [-0.05, 0) is 47.9 Å². The van der Waals surface area contributed by atoms with Crippen LogP contribution in [0, 0.1) is 0 Å². The maximum atomic E-state index is 9.52. The number of nitrogens with zero attached hydrogens (tertiary/aromatic N) is 1. The molecule has 2 aromatic carbocycles. The highest BCUT2D eigenvalue weighted by molar-refractivity contribution is 5.80. The van der Waals surface area contributed by atoms with Crippen LogP contribution in [0.15, 0.2) is 47.5 Å². The van der Waals surface area contributed by atoms with E-state index < -0.39 is 0 Å². The lowest BCUT2D eigenvalue weighted by Gasteiger charge is -2.04. The Balaban J connectivity index is 0.00000134. The molecule has 138 valence electrons. The van der Waals surface area contributed by atoms with Crippen LogP contribution in [0.4, 0.5) is 0 Å². The van der Waals surface area contributed by atoms with Crippen LogP contribution >= 0.6 is 0 Å².